The van der Waals surface area contributed by atoms with Crippen molar-refractivity contribution >= 4 is 29.0 Å². The van der Waals surface area contributed by atoms with Crippen molar-refractivity contribution in [2.75, 3.05) is 12.3 Å². The summed E-state index contributed by atoms with van der Waals surface area (Å²) < 4.78 is 2.25. The van der Waals surface area contributed by atoms with Crippen molar-refractivity contribution in [3.05, 3.63) is 28.2 Å². The van der Waals surface area contributed by atoms with E-state index in [0.29, 0.717) is 11.8 Å². The molecule has 0 aliphatic heterocycles. The van der Waals surface area contributed by atoms with Crippen LogP contribution in [0.4, 0.5) is 0 Å². The molecule has 1 aliphatic carbocycles. The van der Waals surface area contributed by atoms with Crippen LogP contribution in [0, 0.1) is 0 Å². The van der Waals surface area contributed by atoms with E-state index in [0.717, 1.165) is 30.4 Å². The van der Waals surface area contributed by atoms with E-state index in [1.807, 2.05) is 0 Å². The van der Waals surface area contributed by atoms with Crippen molar-refractivity contribution in [1.82, 2.24) is 20.1 Å². The smallest absolute Gasteiger partial charge is 0.230 e. The lowest BCUT2D eigenvalue weighted by Crippen LogP contribution is -2.26. The maximum Gasteiger partial charge on any atom is 0.230 e. The van der Waals surface area contributed by atoms with Gasteiger partial charge in [-0.2, -0.15) is 0 Å². The maximum absolute atomic E-state index is 12.0. The van der Waals surface area contributed by atoms with Gasteiger partial charge in [-0.05, 0) is 30.7 Å². The first-order chi connectivity index (χ1) is 12.3. The fourth-order valence-electron chi connectivity index (χ4n) is 2.76. The number of hydrogen-bond acceptors (Lipinski definition) is 5. The van der Waals surface area contributed by atoms with E-state index in [2.05, 4.69) is 44.5 Å². The zero-order chi connectivity index (χ0) is 17.5. The van der Waals surface area contributed by atoms with Crippen molar-refractivity contribution in [2.45, 2.75) is 63.1 Å². The van der Waals surface area contributed by atoms with Crippen LogP contribution < -0.4 is 5.32 Å². The van der Waals surface area contributed by atoms with Gasteiger partial charge in [0.25, 0.3) is 0 Å². The second-order valence-corrected chi connectivity index (χ2v) is 8.43. The van der Waals surface area contributed by atoms with Gasteiger partial charge in [-0.1, -0.05) is 44.0 Å². The fourth-order valence-corrected chi connectivity index (χ4v) is 4.31. The third-order valence-corrected chi connectivity index (χ3v) is 6.06. The monoisotopic (exact) mass is 378 g/mol. The van der Waals surface area contributed by atoms with Gasteiger partial charge in [0.1, 0.15) is 5.82 Å². The van der Waals surface area contributed by atoms with Gasteiger partial charge in [0.05, 0.1) is 5.75 Å². The molecule has 2 aromatic rings. The van der Waals surface area contributed by atoms with Crippen LogP contribution in [-0.4, -0.2) is 33.0 Å². The molecule has 3 rings (SSSR count). The van der Waals surface area contributed by atoms with Gasteiger partial charge in [-0.25, -0.2) is 0 Å². The number of rotatable bonds is 11. The predicted octanol–water partition coefficient (Wildman–Crippen LogP) is 4.05. The summed E-state index contributed by atoms with van der Waals surface area (Å²) in [6, 6.07) is 4.72. The average Bonchev–Trinajstić information content (AvgIpc) is 3.16. The minimum atomic E-state index is 0.0895. The Balaban J connectivity index is 1.50. The summed E-state index contributed by atoms with van der Waals surface area (Å²) in [5.41, 5.74) is 0. The van der Waals surface area contributed by atoms with Crippen LogP contribution in [0.5, 0.6) is 0 Å². The SMILES string of the molecule is CCCCCCNC(=O)CSc1nnc(Cc2cccs2)n1C1CC1. The predicted molar refractivity (Wildman–Crippen MR) is 103 cm³/mol. The zero-order valence-corrected chi connectivity index (χ0v) is 16.4. The molecule has 0 radical (unpaired) electrons. The molecule has 1 N–H and O–H groups in total. The summed E-state index contributed by atoms with van der Waals surface area (Å²) in [4.78, 5) is 13.3. The standard InChI is InChI=1S/C18H26N4OS2/c1-2-3-4-5-10-19-17(23)13-25-18-21-20-16(22(18)14-8-9-14)12-15-7-6-11-24-15/h6-7,11,14H,2-5,8-10,12-13H2,1H3,(H,19,23). The molecule has 2 aromatic heterocycles. The number of hydrogen-bond donors (Lipinski definition) is 1. The molecule has 0 bridgehead atoms. The van der Waals surface area contributed by atoms with Crippen molar-refractivity contribution < 1.29 is 4.79 Å². The number of nitrogens with one attached hydrogen (secondary N) is 1. The van der Waals surface area contributed by atoms with Crippen LogP contribution in [0.15, 0.2) is 22.7 Å². The van der Waals surface area contributed by atoms with Gasteiger partial charge >= 0.3 is 0 Å². The Kier molecular flexibility index (Phi) is 6.93. The van der Waals surface area contributed by atoms with Gasteiger partial charge in [-0.3, -0.25) is 4.79 Å². The van der Waals surface area contributed by atoms with Crippen LogP contribution in [0.3, 0.4) is 0 Å². The van der Waals surface area contributed by atoms with E-state index in [-0.39, 0.29) is 5.91 Å². The van der Waals surface area contributed by atoms with E-state index in [9.17, 15) is 4.79 Å². The molecule has 5 nitrogen and oxygen atoms in total. The van der Waals surface area contributed by atoms with Gasteiger partial charge in [0, 0.05) is 23.9 Å². The summed E-state index contributed by atoms with van der Waals surface area (Å²) in [5, 5.41) is 14.7. The van der Waals surface area contributed by atoms with Gasteiger partial charge < -0.3 is 9.88 Å². The summed E-state index contributed by atoms with van der Waals surface area (Å²) in [6.45, 7) is 2.97. The number of carbonyl (C=O) groups excluding carboxylic acids is 1. The molecule has 2 heterocycles. The first kappa shape index (κ1) is 18.5. The van der Waals surface area contributed by atoms with Crippen LogP contribution >= 0.6 is 23.1 Å². The Hall–Kier alpha value is -1.34. The Bertz CT molecular complexity index is 665. The Morgan fingerprint density at radius 1 is 1.36 bits per heavy atom. The first-order valence-electron chi connectivity index (χ1n) is 9.13. The Labute approximate surface area is 157 Å². The van der Waals surface area contributed by atoms with Gasteiger partial charge in [-0.15, -0.1) is 21.5 Å². The van der Waals surface area contributed by atoms with E-state index < -0.39 is 0 Å². The van der Waals surface area contributed by atoms with Gasteiger partial charge in [0.2, 0.25) is 5.91 Å². The number of unbranched alkanes of at least 4 members (excludes halogenated alkanes) is 3. The number of nitrogens with zero attached hydrogens (tertiary/aromatic N) is 3. The van der Waals surface area contributed by atoms with Crippen molar-refractivity contribution in [3.8, 4) is 0 Å². The largest absolute Gasteiger partial charge is 0.355 e. The van der Waals surface area contributed by atoms with E-state index in [1.54, 1.807) is 11.3 Å². The molecule has 7 heteroatoms. The van der Waals surface area contributed by atoms with E-state index in [1.165, 1.54) is 48.7 Å². The Morgan fingerprint density at radius 2 is 2.24 bits per heavy atom. The summed E-state index contributed by atoms with van der Waals surface area (Å²) >= 11 is 3.25. The molecule has 0 atom stereocenters. The topological polar surface area (TPSA) is 59.8 Å². The zero-order valence-electron chi connectivity index (χ0n) is 14.7. The molecule has 0 spiro atoms. The molecular weight excluding hydrogens is 352 g/mol. The van der Waals surface area contributed by atoms with Crippen LogP contribution in [0.25, 0.3) is 0 Å². The highest BCUT2D eigenvalue weighted by Crippen LogP contribution is 2.39. The molecule has 25 heavy (non-hydrogen) atoms. The minimum absolute atomic E-state index is 0.0895. The highest BCUT2D eigenvalue weighted by molar-refractivity contribution is 7.99. The van der Waals surface area contributed by atoms with Crippen LogP contribution in [0.1, 0.15) is 62.2 Å². The number of aromatic nitrogens is 3. The summed E-state index contributed by atoms with van der Waals surface area (Å²) in [5.74, 6) is 1.52. The average molecular weight is 379 g/mol. The summed E-state index contributed by atoms with van der Waals surface area (Å²) in [7, 11) is 0. The second kappa shape index (κ2) is 9.38. The molecule has 0 aromatic carbocycles. The summed E-state index contributed by atoms with van der Waals surface area (Å²) in [6.07, 6.45) is 7.90. The molecule has 0 saturated heterocycles. The number of carbonyl (C=O) groups is 1. The molecule has 0 unspecified atom stereocenters. The number of amides is 1. The number of thiophene rings is 1. The quantitative estimate of drug-likeness (QED) is 0.473. The second-order valence-electron chi connectivity index (χ2n) is 6.46. The molecule has 136 valence electrons. The highest BCUT2D eigenvalue weighted by Gasteiger charge is 2.29. The van der Waals surface area contributed by atoms with Gasteiger partial charge in [0.15, 0.2) is 5.16 Å². The van der Waals surface area contributed by atoms with E-state index >= 15 is 0 Å². The fraction of sp³-hybridized carbons (Fsp3) is 0.611. The maximum atomic E-state index is 12.0. The lowest BCUT2D eigenvalue weighted by molar-refractivity contribution is -0.118. The van der Waals surface area contributed by atoms with Crippen molar-refractivity contribution in [1.29, 1.82) is 0 Å². The van der Waals surface area contributed by atoms with Crippen molar-refractivity contribution in [3.63, 3.8) is 0 Å². The molecule has 1 fully saturated rings. The highest BCUT2D eigenvalue weighted by atomic mass is 32.2. The molecular formula is C18H26N4OS2. The molecule has 1 saturated carbocycles. The Morgan fingerprint density at radius 3 is 2.96 bits per heavy atom. The normalized spacial score (nSPS) is 14.0. The first-order valence-corrected chi connectivity index (χ1v) is 11.0. The van der Waals surface area contributed by atoms with E-state index in [4.69, 9.17) is 0 Å². The van der Waals surface area contributed by atoms with Crippen LogP contribution in [-0.2, 0) is 11.2 Å². The third kappa shape index (κ3) is 5.57. The van der Waals surface area contributed by atoms with Crippen LogP contribution in [0.2, 0.25) is 0 Å². The lowest BCUT2D eigenvalue weighted by Gasteiger charge is -2.08. The third-order valence-electron chi connectivity index (χ3n) is 4.24. The molecule has 1 aliphatic rings. The van der Waals surface area contributed by atoms with Crippen molar-refractivity contribution in [2.24, 2.45) is 0 Å². The molecule has 1 amide bonds. The number of thioether (sulfide) groups is 1. The lowest BCUT2D eigenvalue weighted by atomic mass is 10.2. The minimum Gasteiger partial charge on any atom is -0.355 e.